The van der Waals surface area contributed by atoms with Crippen LogP contribution in [0.2, 0.25) is 0 Å². The van der Waals surface area contributed by atoms with E-state index in [4.69, 9.17) is 0 Å². The largest absolute Gasteiger partial charge is 0.310 e. The summed E-state index contributed by atoms with van der Waals surface area (Å²) in [4.78, 5) is 2.40. The topological polar surface area (TPSA) is 8.17 Å². The molecule has 1 aromatic heterocycles. The van der Waals surface area contributed by atoms with Gasteiger partial charge in [-0.05, 0) is 90.7 Å². The van der Waals surface area contributed by atoms with Crippen LogP contribution in [0.15, 0.2) is 140 Å². The minimum absolute atomic E-state index is 0.0693. The fraction of sp³-hybridized carbons (Fsp3) is 0.122. The normalized spacial score (nSPS) is 13.9. The van der Waals surface area contributed by atoms with E-state index >= 15 is 0 Å². The molecule has 0 saturated heterocycles. The second-order valence-corrected chi connectivity index (χ2v) is 11.9. The van der Waals surface area contributed by atoms with Crippen molar-refractivity contribution in [2.24, 2.45) is 0 Å². The van der Waals surface area contributed by atoms with E-state index < -0.39 is 0 Å². The molecule has 1 aliphatic carbocycles. The van der Waals surface area contributed by atoms with Gasteiger partial charge in [-0.15, -0.1) is 0 Å². The maximum absolute atomic E-state index is 3.88. The molecule has 0 saturated carbocycles. The van der Waals surface area contributed by atoms with Gasteiger partial charge < -0.3 is 9.47 Å². The molecule has 6 aromatic rings. The molecule has 0 spiro atoms. The highest BCUT2D eigenvalue weighted by Crippen LogP contribution is 2.50. The van der Waals surface area contributed by atoms with Gasteiger partial charge in [-0.2, -0.15) is 0 Å². The lowest BCUT2D eigenvalue weighted by Crippen LogP contribution is -2.16. The Morgan fingerprint density at radius 3 is 2.14 bits per heavy atom. The number of nitrogens with zero attached hydrogens (tertiary/aromatic N) is 2. The van der Waals surface area contributed by atoms with Gasteiger partial charge in [0.15, 0.2) is 0 Å². The van der Waals surface area contributed by atoms with Crippen molar-refractivity contribution in [1.29, 1.82) is 0 Å². The Bertz CT molecular complexity index is 2080. The first-order chi connectivity index (χ1) is 20.9. The van der Waals surface area contributed by atoms with Gasteiger partial charge in [0.2, 0.25) is 0 Å². The van der Waals surface area contributed by atoms with Crippen molar-refractivity contribution in [3.8, 4) is 11.1 Å². The summed E-state index contributed by atoms with van der Waals surface area (Å²) in [6.45, 7) is 12.8. The lowest BCUT2D eigenvalue weighted by atomic mass is 9.82. The van der Waals surface area contributed by atoms with Crippen molar-refractivity contribution >= 4 is 44.6 Å². The lowest BCUT2D eigenvalue weighted by molar-refractivity contribution is 0.660. The van der Waals surface area contributed by atoms with Crippen molar-refractivity contribution in [3.05, 3.63) is 157 Å². The molecule has 43 heavy (non-hydrogen) atoms. The smallest absolute Gasteiger partial charge is 0.0542 e. The van der Waals surface area contributed by atoms with Crippen LogP contribution >= 0.6 is 0 Å². The minimum atomic E-state index is -0.0693. The molecule has 5 aromatic carbocycles. The number of rotatable bonds is 6. The number of fused-ring (bicyclic) bond motifs is 6. The van der Waals surface area contributed by atoms with Crippen molar-refractivity contribution in [2.75, 3.05) is 4.90 Å². The van der Waals surface area contributed by atoms with Crippen molar-refractivity contribution in [2.45, 2.75) is 33.1 Å². The van der Waals surface area contributed by atoms with E-state index in [-0.39, 0.29) is 5.41 Å². The van der Waals surface area contributed by atoms with Gasteiger partial charge in [0.05, 0.1) is 11.0 Å². The van der Waals surface area contributed by atoms with E-state index in [0.29, 0.717) is 0 Å². The van der Waals surface area contributed by atoms with E-state index in [9.17, 15) is 0 Å². The molecule has 2 nitrogen and oxygen atoms in total. The summed E-state index contributed by atoms with van der Waals surface area (Å²) in [7, 11) is 0. The first kappa shape index (κ1) is 26.8. The number of hydrogen-bond donors (Lipinski definition) is 0. The zero-order chi connectivity index (χ0) is 29.7. The Labute approximate surface area is 254 Å². The van der Waals surface area contributed by atoms with E-state index in [1.807, 2.05) is 12.2 Å². The second kappa shape index (κ2) is 10.3. The van der Waals surface area contributed by atoms with Crippen molar-refractivity contribution < 1.29 is 0 Å². The van der Waals surface area contributed by atoms with E-state index in [0.717, 1.165) is 22.8 Å². The van der Waals surface area contributed by atoms with Gasteiger partial charge in [0.25, 0.3) is 0 Å². The third kappa shape index (κ3) is 4.25. The van der Waals surface area contributed by atoms with Crippen LogP contribution in [0.25, 0.3) is 38.6 Å². The minimum Gasteiger partial charge on any atom is -0.310 e. The summed E-state index contributed by atoms with van der Waals surface area (Å²) in [5.41, 5.74) is 13.5. The molecular formula is C41H36N2. The highest BCUT2D eigenvalue weighted by atomic mass is 15.1. The van der Waals surface area contributed by atoms with Crippen LogP contribution in [-0.4, -0.2) is 4.57 Å². The summed E-state index contributed by atoms with van der Waals surface area (Å²) in [5, 5.41) is 2.46. The quantitative estimate of drug-likeness (QED) is 0.185. The highest BCUT2D eigenvalue weighted by molar-refractivity contribution is 6.11. The number of hydrogen-bond acceptors (Lipinski definition) is 1. The van der Waals surface area contributed by atoms with Crippen LogP contribution in [0.4, 0.5) is 17.1 Å². The molecule has 7 rings (SSSR count). The third-order valence-electron chi connectivity index (χ3n) is 8.99. The van der Waals surface area contributed by atoms with E-state index in [1.54, 1.807) is 0 Å². The SMILES string of the molecule is C=C/C=C\C(=C/C)n1c2ccccc2c2cc(N(c3ccc(C)cc3)c3ccc4c(c3)C(C)(C)c3ccccc3-4)ccc21. The van der Waals surface area contributed by atoms with Crippen LogP contribution in [0.3, 0.4) is 0 Å². The number of aromatic nitrogens is 1. The molecular weight excluding hydrogens is 520 g/mol. The predicted molar refractivity (Wildman–Crippen MR) is 186 cm³/mol. The molecule has 1 heterocycles. The zero-order valence-electron chi connectivity index (χ0n) is 25.3. The van der Waals surface area contributed by atoms with Crippen LogP contribution in [-0.2, 0) is 5.41 Å². The average Bonchev–Trinajstić information content (AvgIpc) is 3.47. The van der Waals surface area contributed by atoms with Gasteiger partial charge in [0, 0.05) is 38.9 Å². The summed E-state index contributed by atoms with van der Waals surface area (Å²) >= 11 is 0. The Kier molecular flexibility index (Phi) is 6.43. The van der Waals surface area contributed by atoms with Crippen LogP contribution in [0, 0.1) is 6.92 Å². The maximum atomic E-state index is 3.88. The van der Waals surface area contributed by atoms with Gasteiger partial charge in [-0.1, -0.05) is 105 Å². The number of anilines is 3. The molecule has 0 atom stereocenters. The molecule has 2 heteroatoms. The Balaban J connectivity index is 1.45. The van der Waals surface area contributed by atoms with Crippen LogP contribution in [0.1, 0.15) is 37.5 Å². The van der Waals surface area contributed by atoms with Crippen molar-refractivity contribution in [1.82, 2.24) is 4.57 Å². The maximum Gasteiger partial charge on any atom is 0.0542 e. The first-order valence-corrected chi connectivity index (χ1v) is 15.0. The summed E-state index contributed by atoms with van der Waals surface area (Å²) in [6.07, 6.45) is 8.10. The zero-order valence-corrected chi connectivity index (χ0v) is 25.3. The van der Waals surface area contributed by atoms with Gasteiger partial charge in [-0.3, -0.25) is 0 Å². The van der Waals surface area contributed by atoms with Crippen LogP contribution in [0.5, 0.6) is 0 Å². The molecule has 1 aliphatic rings. The Hall–Kier alpha value is -5.08. The van der Waals surface area contributed by atoms with E-state index in [1.165, 1.54) is 49.6 Å². The summed E-state index contributed by atoms with van der Waals surface area (Å²) in [5.74, 6) is 0. The Morgan fingerprint density at radius 1 is 0.698 bits per heavy atom. The second-order valence-electron chi connectivity index (χ2n) is 11.9. The monoisotopic (exact) mass is 556 g/mol. The number of allylic oxidation sites excluding steroid dienone is 5. The predicted octanol–water partition coefficient (Wildman–Crippen LogP) is 11.5. The molecule has 0 amide bonds. The van der Waals surface area contributed by atoms with Crippen LogP contribution < -0.4 is 4.90 Å². The summed E-state index contributed by atoms with van der Waals surface area (Å²) < 4.78 is 2.35. The molecule has 0 N–H and O–H groups in total. The van der Waals surface area contributed by atoms with E-state index in [2.05, 4.69) is 165 Å². The third-order valence-corrected chi connectivity index (χ3v) is 8.99. The number of aryl methyl sites for hydroxylation is 1. The number of benzene rings is 5. The van der Waals surface area contributed by atoms with Gasteiger partial charge >= 0.3 is 0 Å². The van der Waals surface area contributed by atoms with Gasteiger partial charge in [0.1, 0.15) is 0 Å². The molecule has 0 unspecified atom stereocenters. The van der Waals surface area contributed by atoms with Gasteiger partial charge in [-0.25, -0.2) is 0 Å². The standard InChI is InChI=1S/C41H36N2/c1-6-8-13-29(7-2)43-39-17-12-10-15-35(39)36-26-31(23-25-40(36)43)42(30-20-18-28(3)19-21-30)32-22-24-34-33-14-9-11-16-37(33)41(4,5)38(34)27-32/h6-27H,1H2,2-5H3/b13-8-,29-7+. The summed E-state index contributed by atoms with van der Waals surface area (Å²) in [6, 6.07) is 40.3. The van der Waals surface area contributed by atoms with Crippen molar-refractivity contribution in [3.63, 3.8) is 0 Å². The highest BCUT2D eigenvalue weighted by Gasteiger charge is 2.35. The first-order valence-electron chi connectivity index (χ1n) is 15.0. The average molecular weight is 557 g/mol. The molecule has 0 aliphatic heterocycles. The molecule has 210 valence electrons. The molecule has 0 fully saturated rings. The fourth-order valence-corrected chi connectivity index (χ4v) is 6.82. The molecule has 0 bridgehead atoms. The fourth-order valence-electron chi connectivity index (χ4n) is 6.82. The number of para-hydroxylation sites is 1. The lowest BCUT2D eigenvalue weighted by Gasteiger charge is -2.28. The molecule has 0 radical (unpaired) electrons. The Morgan fingerprint density at radius 2 is 1.35 bits per heavy atom.